The molecular weight excluding hydrogens is 437 g/mol. The number of amides is 2. The van der Waals surface area contributed by atoms with Crippen LogP contribution in [0.5, 0.6) is 5.75 Å². The van der Waals surface area contributed by atoms with Crippen molar-refractivity contribution in [2.24, 2.45) is 35.5 Å². The molecule has 1 saturated heterocycles. The van der Waals surface area contributed by atoms with Crippen LogP contribution in [-0.4, -0.2) is 17.8 Å². The summed E-state index contributed by atoms with van der Waals surface area (Å²) < 4.78 is 5.39. The summed E-state index contributed by atoms with van der Waals surface area (Å²) in [6.07, 6.45) is 5.44. The molecule has 5 nitrogen and oxygen atoms in total. The number of halogens is 2. The highest BCUT2D eigenvalue weighted by Gasteiger charge is 2.67. The Morgan fingerprint density at radius 1 is 0.903 bits per heavy atom. The van der Waals surface area contributed by atoms with Gasteiger partial charge in [-0.3, -0.25) is 14.5 Å². The van der Waals surface area contributed by atoms with Crippen LogP contribution in [0, 0.1) is 35.5 Å². The average Bonchev–Trinajstić information content (AvgIpc) is 3.52. The molecule has 2 saturated carbocycles. The van der Waals surface area contributed by atoms with E-state index in [1.807, 2.05) is 0 Å². The largest absolute Gasteiger partial charge is 0.423 e. The predicted octanol–water partition coefficient (Wildman–Crippen LogP) is 4.77. The van der Waals surface area contributed by atoms with Crippen molar-refractivity contribution in [3.63, 3.8) is 0 Å². The average molecular weight is 454 g/mol. The maximum atomic E-state index is 13.2. The highest BCUT2D eigenvalue weighted by molar-refractivity contribution is 6.36. The highest BCUT2D eigenvalue weighted by Crippen LogP contribution is 2.65. The minimum atomic E-state index is -0.615. The molecule has 31 heavy (non-hydrogen) atoms. The topological polar surface area (TPSA) is 63.7 Å². The van der Waals surface area contributed by atoms with E-state index in [0.717, 1.165) is 6.42 Å². The number of nitrogens with zero attached hydrogens (tertiary/aromatic N) is 1. The molecule has 2 aromatic rings. The third-order valence-electron chi connectivity index (χ3n) is 7.12. The van der Waals surface area contributed by atoms with E-state index >= 15 is 0 Å². The molecule has 0 aromatic heterocycles. The molecule has 0 spiro atoms. The number of benzene rings is 2. The lowest BCUT2D eigenvalue weighted by Gasteiger charge is -2.37. The number of allylic oxidation sites excluding steroid dienone is 2. The molecule has 2 amide bonds. The van der Waals surface area contributed by atoms with Crippen molar-refractivity contribution < 1.29 is 19.1 Å². The van der Waals surface area contributed by atoms with E-state index in [2.05, 4.69) is 12.2 Å². The van der Waals surface area contributed by atoms with Crippen molar-refractivity contribution in [3.8, 4) is 5.75 Å². The second kappa shape index (κ2) is 6.68. The molecule has 1 heterocycles. The summed E-state index contributed by atoms with van der Waals surface area (Å²) in [4.78, 5) is 40.1. The van der Waals surface area contributed by atoms with Gasteiger partial charge in [-0.05, 0) is 72.6 Å². The van der Waals surface area contributed by atoms with E-state index in [1.165, 1.54) is 17.0 Å². The van der Waals surface area contributed by atoms with Gasteiger partial charge in [-0.2, -0.15) is 0 Å². The lowest BCUT2D eigenvalue weighted by Crippen LogP contribution is -2.40. The van der Waals surface area contributed by atoms with Crippen LogP contribution in [-0.2, 0) is 9.59 Å². The minimum absolute atomic E-state index is 0.114. The zero-order valence-corrected chi connectivity index (χ0v) is 17.7. The van der Waals surface area contributed by atoms with E-state index in [1.54, 1.807) is 30.3 Å². The SMILES string of the molecule is O=C(Oc1ccc(N2C(=O)C3C4C=CC(C5CC45)C3C2=O)cc1)c1ccc(Cl)cc1Cl. The van der Waals surface area contributed by atoms with Gasteiger partial charge in [-0.25, -0.2) is 4.79 Å². The van der Waals surface area contributed by atoms with Crippen LogP contribution in [0.25, 0.3) is 0 Å². The first-order valence-electron chi connectivity index (χ1n) is 10.3. The molecule has 3 fully saturated rings. The van der Waals surface area contributed by atoms with E-state index < -0.39 is 5.97 Å². The fourth-order valence-corrected chi connectivity index (χ4v) is 6.18. The lowest BCUT2D eigenvalue weighted by atomic mass is 9.63. The second-order valence-electron chi connectivity index (χ2n) is 8.67. The third-order valence-corrected chi connectivity index (χ3v) is 7.67. The number of hydrogen-bond acceptors (Lipinski definition) is 4. The minimum Gasteiger partial charge on any atom is -0.423 e. The Morgan fingerprint density at radius 2 is 1.52 bits per heavy atom. The quantitative estimate of drug-likeness (QED) is 0.290. The van der Waals surface area contributed by atoms with Crippen molar-refractivity contribution in [2.45, 2.75) is 6.42 Å². The molecule has 2 aromatic carbocycles. The lowest BCUT2D eigenvalue weighted by molar-refractivity contribution is -0.124. The monoisotopic (exact) mass is 453 g/mol. The highest BCUT2D eigenvalue weighted by atomic mass is 35.5. The molecular formula is C24H17Cl2NO4. The van der Waals surface area contributed by atoms with Gasteiger partial charge in [-0.1, -0.05) is 35.4 Å². The number of rotatable bonds is 3. The third kappa shape index (κ3) is 2.80. The van der Waals surface area contributed by atoms with Gasteiger partial charge in [-0.15, -0.1) is 0 Å². The van der Waals surface area contributed by atoms with Crippen molar-refractivity contribution in [2.75, 3.05) is 4.90 Å². The van der Waals surface area contributed by atoms with Crippen molar-refractivity contribution >= 4 is 46.7 Å². The van der Waals surface area contributed by atoms with Gasteiger partial charge in [0, 0.05) is 5.02 Å². The Kier molecular flexibility index (Phi) is 4.11. The predicted molar refractivity (Wildman–Crippen MR) is 115 cm³/mol. The van der Waals surface area contributed by atoms with Crippen molar-refractivity contribution in [1.29, 1.82) is 0 Å². The number of carbonyl (C=O) groups is 3. The number of imide groups is 1. The van der Waals surface area contributed by atoms with Crippen LogP contribution >= 0.6 is 23.2 Å². The summed E-state index contributed by atoms with van der Waals surface area (Å²) in [6, 6.07) is 10.9. The number of anilines is 1. The van der Waals surface area contributed by atoms with Crippen LogP contribution in [0.4, 0.5) is 5.69 Å². The molecule has 0 N–H and O–H groups in total. The normalized spacial score (nSPS) is 32.1. The molecule has 156 valence electrons. The van der Waals surface area contributed by atoms with Gasteiger partial charge >= 0.3 is 5.97 Å². The summed E-state index contributed by atoms with van der Waals surface area (Å²) in [5.74, 6) is 0.469. The molecule has 1 aliphatic heterocycles. The van der Waals surface area contributed by atoms with E-state index in [-0.39, 0.29) is 46.1 Å². The van der Waals surface area contributed by atoms with Crippen LogP contribution < -0.4 is 9.64 Å². The smallest absolute Gasteiger partial charge is 0.345 e. The number of hydrogen-bond donors (Lipinski definition) is 0. The maximum Gasteiger partial charge on any atom is 0.345 e. The Labute approximate surface area is 188 Å². The van der Waals surface area contributed by atoms with Gasteiger partial charge in [0.15, 0.2) is 0 Å². The first kappa shape index (κ1) is 19.1. The standard InChI is InChI=1S/C24H17Cl2NO4/c25-11-1-6-16(19(26)9-11)24(30)31-13-4-2-12(3-5-13)27-22(28)20-14-7-8-15(18-10-17(14)18)21(20)23(27)29/h1-9,14-15,17-18,20-21H,10H2. The fourth-order valence-electron chi connectivity index (χ4n) is 5.69. The summed E-state index contributed by atoms with van der Waals surface area (Å²) >= 11 is 11.9. The van der Waals surface area contributed by atoms with Gasteiger partial charge in [0.05, 0.1) is 28.1 Å². The van der Waals surface area contributed by atoms with Crippen LogP contribution in [0.15, 0.2) is 54.6 Å². The first-order valence-corrected chi connectivity index (χ1v) is 11.0. The van der Waals surface area contributed by atoms with Gasteiger partial charge in [0.1, 0.15) is 5.75 Å². The van der Waals surface area contributed by atoms with Crippen LogP contribution in [0.2, 0.25) is 10.0 Å². The summed E-state index contributed by atoms with van der Waals surface area (Å²) in [6.45, 7) is 0. The zero-order valence-electron chi connectivity index (χ0n) is 16.2. The first-order chi connectivity index (χ1) is 14.9. The molecule has 4 aliphatic carbocycles. The summed E-state index contributed by atoms with van der Waals surface area (Å²) in [7, 11) is 0. The Hall–Kier alpha value is -2.63. The Bertz CT molecular complexity index is 1140. The maximum absolute atomic E-state index is 13.2. The zero-order chi connectivity index (χ0) is 21.4. The molecule has 7 rings (SSSR count). The Morgan fingerprint density at radius 3 is 2.10 bits per heavy atom. The summed E-state index contributed by atoms with van der Waals surface area (Å²) in [5.41, 5.74) is 0.701. The van der Waals surface area contributed by atoms with E-state index in [4.69, 9.17) is 27.9 Å². The molecule has 6 atom stereocenters. The molecule has 6 unspecified atom stereocenters. The molecule has 0 radical (unpaired) electrons. The number of carbonyl (C=O) groups excluding carboxylic acids is 3. The van der Waals surface area contributed by atoms with Crippen LogP contribution in [0.1, 0.15) is 16.8 Å². The number of esters is 1. The summed E-state index contributed by atoms with van der Waals surface area (Å²) in [5, 5.41) is 0.624. The van der Waals surface area contributed by atoms with Gasteiger partial charge in [0.25, 0.3) is 0 Å². The van der Waals surface area contributed by atoms with E-state index in [9.17, 15) is 14.4 Å². The van der Waals surface area contributed by atoms with Gasteiger partial charge in [0.2, 0.25) is 11.8 Å². The van der Waals surface area contributed by atoms with Crippen molar-refractivity contribution in [1.82, 2.24) is 0 Å². The van der Waals surface area contributed by atoms with Crippen LogP contribution in [0.3, 0.4) is 0 Å². The molecule has 7 heteroatoms. The molecule has 2 bridgehead atoms. The fraction of sp³-hybridized carbons (Fsp3) is 0.292. The van der Waals surface area contributed by atoms with Crippen molar-refractivity contribution in [3.05, 3.63) is 70.2 Å². The Balaban J connectivity index is 1.22. The number of ether oxygens (including phenoxy) is 1. The van der Waals surface area contributed by atoms with Gasteiger partial charge < -0.3 is 4.74 Å². The second-order valence-corrected chi connectivity index (χ2v) is 9.52. The van der Waals surface area contributed by atoms with E-state index in [0.29, 0.717) is 28.3 Å². The molecule has 5 aliphatic rings.